The largest absolute Gasteiger partial charge is 0.474 e. The van der Waals surface area contributed by atoms with Gasteiger partial charge < -0.3 is 25.2 Å². The number of carbonyl (C=O) groups is 2. The van der Waals surface area contributed by atoms with Crippen molar-refractivity contribution < 1.29 is 14.3 Å². The summed E-state index contributed by atoms with van der Waals surface area (Å²) >= 11 is 0. The topological polar surface area (TPSA) is 131 Å². The molecule has 13 heteroatoms. The minimum atomic E-state index is -0.336. The number of amides is 3. The van der Waals surface area contributed by atoms with Gasteiger partial charge in [0, 0.05) is 111 Å². The highest BCUT2D eigenvalue weighted by atomic mass is 16.5. The first kappa shape index (κ1) is 35.7. The van der Waals surface area contributed by atoms with Crippen molar-refractivity contribution in [2.45, 2.75) is 33.1 Å². The summed E-state index contributed by atoms with van der Waals surface area (Å²) < 4.78 is 5.72. The molecule has 0 bridgehead atoms. The Kier molecular flexibility index (Phi) is 9.76. The lowest BCUT2D eigenvalue weighted by Gasteiger charge is -2.40. The average Bonchev–Trinajstić information content (AvgIpc) is 3.22. The van der Waals surface area contributed by atoms with Crippen LogP contribution >= 0.6 is 0 Å². The van der Waals surface area contributed by atoms with E-state index in [4.69, 9.17) is 9.72 Å². The van der Waals surface area contributed by atoms with E-state index in [0.29, 0.717) is 37.3 Å². The third-order valence-corrected chi connectivity index (χ3v) is 11.7. The fourth-order valence-electron chi connectivity index (χ4n) is 8.51. The number of ether oxygens (including phenoxy) is 1. The smallest absolute Gasteiger partial charge is 0.328 e. The molecular formula is C43H48N10O3. The molecule has 5 aromatic rings. The van der Waals surface area contributed by atoms with Gasteiger partial charge >= 0.3 is 6.03 Å². The van der Waals surface area contributed by atoms with Gasteiger partial charge in [-0.1, -0.05) is 12.1 Å². The van der Waals surface area contributed by atoms with Crippen molar-refractivity contribution >= 4 is 57.2 Å². The fraction of sp³-hybridized carbons (Fsp3) is 0.372. The summed E-state index contributed by atoms with van der Waals surface area (Å²) in [6.07, 6.45) is 6.42. The van der Waals surface area contributed by atoms with E-state index >= 15 is 0 Å². The van der Waals surface area contributed by atoms with Gasteiger partial charge in [-0.3, -0.25) is 19.9 Å². The Balaban J connectivity index is 0.755. The zero-order valence-electron chi connectivity index (χ0n) is 32.1. The van der Waals surface area contributed by atoms with Crippen LogP contribution in [0.3, 0.4) is 0 Å². The standard InChI is InChI=1S/C43H48N10O3/c1-28-23-35(9-10-38(28)53-17-13-39(54)49-43(53)55)51-15-11-30(12-16-51)27-50-18-20-52(21-19-50)34-7-5-33(6-8-34)47-42-46-25-32-4-3-31(24-37(32)48-42)36-26-45-41-40(29(36)2)44-14-22-56-41/h3-10,23-26,30,44H,11-22,27H2,1-2H3,(H,46,47,48)(H,49,54,55). The van der Waals surface area contributed by atoms with E-state index in [1.807, 2.05) is 25.4 Å². The van der Waals surface area contributed by atoms with E-state index in [2.05, 4.69) is 102 Å². The maximum atomic E-state index is 12.4. The van der Waals surface area contributed by atoms with Crippen LogP contribution < -0.4 is 35.4 Å². The van der Waals surface area contributed by atoms with Crippen LogP contribution in [0.1, 0.15) is 30.4 Å². The minimum absolute atomic E-state index is 0.210. The van der Waals surface area contributed by atoms with Crippen LogP contribution in [0.25, 0.3) is 22.0 Å². The molecule has 9 rings (SSSR count). The average molecular weight is 753 g/mol. The van der Waals surface area contributed by atoms with Crippen molar-refractivity contribution in [2.24, 2.45) is 5.92 Å². The molecule has 4 aliphatic heterocycles. The van der Waals surface area contributed by atoms with Gasteiger partial charge in [-0.15, -0.1) is 0 Å². The lowest BCUT2D eigenvalue weighted by Crippen LogP contribution is -2.49. The predicted molar refractivity (Wildman–Crippen MR) is 221 cm³/mol. The van der Waals surface area contributed by atoms with E-state index in [0.717, 1.165) is 103 Å². The van der Waals surface area contributed by atoms with E-state index in [9.17, 15) is 9.59 Å². The minimum Gasteiger partial charge on any atom is -0.474 e. The number of nitrogens with zero attached hydrogens (tertiary/aromatic N) is 7. The molecular weight excluding hydrogens is 705 g/mol. The Morgan fingerprint density at radius 1 is 0.839 bits per heavy atom. The maximum absolute atomic E-state index is 12.4. The number of hydrogen-bond donors (Lipinski definition) is 3. The second-order valence-corrected chi connectivity index (χ2v) is 15.3. The monoisotopic (exact) mass is 752 g/mol. The Labute approximate surface area is 327 Å². The first-order chi connectivity index (χ1) is 27.3. The van der Waals surface area contributed by atoms with Gasteiger partial charge in [0.15, 0.2) is 0 Å². The van der Waals surface area contributed by atoms with Gasteiger partial charge in [-0.05, 0) is 97.8 Å². The molecule has 3 fully saturated rings. The number of anilines is 6. The summed E-state index contributed by atoms with van der Waals surface area (Å²) in [5.74, 6) is 1.71. The van der Waals surface area contributed by atoms with Gasteiger partial charge in [-0.2, -0.15) is 0 Å². The van der Waals surface area contributed by atoms with Crippen LogP contribution in [0.15, 0.2) is 73.1 Å². The van der Waals surface area contributed by atoms with Crippen LogP contribution in [0, 0.1) is 19.8 Å². The van der Waals surface area contributed by atoms with Crippen LogP contribution in [0.4, 0.5) is 39.2 Å². The number of aromatic nitrogens is 3. The number of imide groups is 1. The molecule has 2 aromatic heterocycles. The molecule has 0 spiro atoms. The lowest BCUT2D eigenvalue weighted by molar-refractivity contribution is -0.120. The zero-order valence-corrected chi connectivity index (χ0v) is 32.1. The number of benzene rings is 3. The number of rotatable bonds is 8. The van der Waals surface area contributed by atoms with E-state index in [-0.39, 0.29) is 11.9 Å². The first-order valence-electron chi connectivity index (χ1n) is 19.8. The number of pyridine rings is 1. The number of urea groups is 1. The summed E-state index contributed by atoms with van der Waals surface area (Å²) in [5.41, 5.74) is 10.4. The number of hydrogen-bond acceptors (Lipinski definition) is 11. The first-order valence-corrected chi connectivity index (χ1v) is 19.8. The van der Waals surface area contributed by atoms with Gasteiger partial charge in [0.1, 0.15) is 12.3 Å². The quantitative estimate of drug-likeness (QED) is 0.164. The molecule has 3 saturated heterocycles. The van der Waals surface area contributed by atoms with Crippen molar-refractivity contribution in [3.8, 4) is 17.0 Å². The van der Waals surface area contributed by atoms with Crippen molar-refractivity contribution in [2.75, 3.05) is 90.8 Å². The molecule has 0 aliphatic carbocycles. The third kappa shape index (κ3) is 7.38. The molecule has 288 valence electrons. The Morgan fingerprint density at radius 2 is 1.62 bits per heavy atom. The third-order valence-electron chi connectivity index (χ3n) is 11.7. The summed E-state index contributed by atoms with van der Waals surface area (Å²) in [7, 11) is 0. The highest BCUT2D eigenvalue weighted by Gasteiger charge is 2.27. The summed E-state index contributed by atoms with van der Waals surface area (Å²) in [4.78, 5) is 47.2. The van der Waals surface area contributed by atoms with Crippen LogP contribution in [-0.2, 0) is 4.79 Å². The van der Waals surface area contributed by atoms with Crippen LogP contribution in [0.2, 0.25) is 0 Å². The number of fused-ring (bicyclic) bond motifs is 2. The molecule has 3 N–H and O–H groups in total. The van der Waals surface area contributed by atoms with E-state index in [1.54, 1.807) is 4.90 Å². The summed E-state index contributed by atoms with van der Waals surface area (Å²) in [5, 5.41) is 10.2. The molecule has 0 radical (unpaired) electrons. The number of carbonyl (C=O) groups excluding carboxylic acids is 2. The second-order valence-electron chi connectivity index (χ2n) is 15.3. The van der Waals surface area contributed by atoms with Gasteiger partial charge in [0.05, 0.1) is 5.52 Å². The lowest BCUT2D eigenvalue weighted by atomic mass is 9.95. The summed E-state index contributed by atoms with van der Waals surface area (Å²) in [6.45, 7) is 13.3. The number of piperidine rings is 1. The van der Waals surface area contributed by atoms with Crippen molar-refractivity contribution in [3.05, 3.63) is 84.2 Å². The molecule has 3 aromatic carbocycles. The predicted octanol–water partition coefficient (Wildman–Crippen LogP) is 6.34. The number of piperazine rings is 1. The number of aryl methyl sites for hydroxylation is 1. The van der Waals surface area contributed by atoms with Crippen molar-refractivity contribution in [3.63, 3.8) is 0 Å². The second kappa shape index (κ2) is 15.3. The Hall–Kier alpha value is -5.95. The molecule has 13 nitrogen and oxygen atoms in total. The molecule has 4 aliphatic rings. The molecule has 56 heavy (non-hydrogen) atoms. The molecule has 0 saturated carbocycles. The zero-order chi connectivity index (χ0) is 38.2. The summed E-state index contributed by atoms with van der Waals surface area (Å²) in [6, 6.07) is 20.8. The normalized spacial score (nSPS) is 18.0. The Morgan fingerprint density at radius 3 is 2.41 bits per heavy atom. The molecule has 0 atom stereocenters. The van der Waals surface area contributed by atoms with Gasteiger partial charge in [0.2, 0.25) is 17.7 Å². The SMILES string of the molecule is Cc1cc(N2CCC(CN3CCN(c4ccc(Nc5ncc6ccc(-c7cnc8c(c7C)NCCO8)cc6n5)cc4)CC3)CC2)ccc1N1CCC(=O)NC1=O. The molecule has 6 heterocycles. The maximum Gasteiger partial charge on any atom is 0.328 e. The van der Waals surface area contributed by atoms with Gasteiger partial charge in [0.25, 0.3) is 0 Å². The van der Waals surface area contributed by atoms with Crippen LogP contribution in [0.5, 0.6) is 5.88 Å². The highest BCUT2D eigenvalue weighted by molar-refractivity contribution is 6.06. The van der Waals surface area contributed by atoms with Crippen molar-refractivity contribution in [1.82, 2.24) is 25.2 Å². The van der Waals surface area contributed by atoms with Crippen molar-refractivity contribution in [1.29, 1.82) is 0 Å². The van der Waals surface area contributed by atoms with E-state index < -0.39 is 0 Å². The van der Waals surface area contributed by atoms with E-state index in [1.165, 1.54) is 24.2 Å². The number of nitrogens with one attached hydrogen (secondary N) is 3. The molecule has 3 amide bonds. The highest BCUT2D eigenvalue weighted by Crippen LogP contribution is 2.36. The van der Waals surface area contributed by atoms with Gasteiger partial charge in [-0.25, -0.2) is 19.7 Å². The van der Waals surface area contributed by atoms with Crippen LogP contribution in [-0.4, -0.2) is 97.3 Å². The molecule has 0 unspecified atom stereocenters. The fourth-order valence-corrected chi connectivity index (χ4v) is 8.51. The Bertz CT molecular complexity index is 2270.